The Bertz CT molecular complexity index is 781. The summed E-state index contributed by atoms with van der Waals surface area (Å²) in [7, 11) is 0. The summed E-state index contributed by atoms with van der Waals surface area (Å²) >= 11 is 3.36. The molecule has 3 rings (SSSR count). The molecule has 0 fully saturated rings. The molecule has 0 bridgehead atoms. The number of halogens is 1. The highest BCUT2D eigenvalue weighted by Gasteiger charge is 2.05. The minimum atomic E-state index is -0.0596. The van der Waals surface area contributed by atoms with Crippen molar-refractivity contribution in [3.05, 3.63) is 82.3 Å². The van der Waals surface area contributed by atoms with Gasteiger partial charge in [-0.2, -0.15) is 0 Å². The zero-order valence-electron chi connectivity index (χ0n) is 11.3. The van der Waals surface area contributed by atoms with Gasteiger partial charge in [-0.05, 0) is 46.7 Å². The molecule has 0 aliphatic rings. The second kappa shape index (κ2) is 6.10. The normalized spacial score (nSPS) is 10.5. The lowest BCUT2D eigenvalue weighted by Gasteiger charge is -2.07. The molecule has 0 aromatic heterocycles. The largest absolute Gasteiger partial charge is 0.348 e. The molecule has 0 aliphatic carbocycles. The Morgan fingerprint density at radius 1 is 0.905 bits per heavy atom. The zero-order chi connectivity index (χ0) is 14.7. The Morgan fingerprint density at radius 2 is 1.62 bits per heavy atom. The van der Waals surface area contributed by atoms with Crippen LogP contribution in [0.3, 0.4) is 0 Å². The van der Waals surface area contributed by atoms with Crippen molar-refractivity contribution in [2.45, 2.75) is 6.54 Å². The summed E-state index contributed by atoms with van der Waals surface area (Å²) in [4.78, 5) is 12.1. The van der Waals surface area contributed by atoms with E-state index in [0.29, 0.717) is 12.1 Å². The Morgan fingerprint density at radius 3 is 2.38 bits per heavy atom. The van der Waals surface area contributed by atoms with Crippen LogP contribution in [0, 0.1) is 0 Å². The van der Waals surface area contributed by atoms with Gasteiger partial charge in [-0.1, -0.05) is 52.3 Å². The molecule has 3 aromatic carbocycles. The van der Waals surface area contributed by atoms with E-state index in [1.807, 2.05) is 30.3 Å². The summed E-state index contributed by atoms with van der Waals surface area (Å²) in [5, 5.41) is 5.34. The van der Waals surface area contributed by atoms with Crippen LogP contribution in [0.2, 0.25) is 0 Å². The average molecular weight is 340 g/mol. The monoisotopic (exact) mass is 339 g/mol. The number of hydrogen-bond acceptors (Lipinski definition) is 1. The van der Waals surface area contributed by atoms with Gasteiger partial charge < -0.3 is 5.32 Å². The summed E-state index contributed by atoms with van der Waals surface area (Å²) in [6.45, 7) is 0.528. The molecule has 3 aromatic rings. The molecule has 21 heavy (non-hydrogen) atoms. The van der Waals surface area contributed by atoms with E-state index in [1.54, 1.807) is 12.1 Å². The Hall–Kier alpha value is -2.13. The second-order valence-electron chi connectivity index (χ2n) is 4.87. The molecule has 0 spiro atoms. The Balaban J connectivity index is 1.71. The van der Waals surface area contributed by atoms with Gasteiger partial charge in [0.15, 0.2) is 0 Å². The number of hydrogen-bond donors (Lipinski definition) is 1. The number of carbonyl (C=O) groups excluding carboxylic acids is 1. The van der Waals surface area contributed by atoms with E-state index in [9.17, 15) is 4.79 Å². The molecule has 2 nitrogen and oxygen atoms in total. The molecular weight excluding hydrogens is 326 g/mol. The third-order valence-electron chi connectivity index (χ3n) is 3.37. The average Bonchev–Trinajstić information content (AvgIpc) is 2.53. The smallest absolute Gasteiger partial charge is 0.251 e. The molecule has 0 heterocycles. The van der Waals surface area contributed by atoms with Crippen molar-refractivity contribution in [3.63, 3.8) is 0 Å². The quantitative estimate of drug-likeness (QED) is 0.746. The highest BCUT2D eigenvalue weighted by molar-refractivity contribution is 9.10. The van der Waals surface area contributed by atoms with E-state index in [1.165, 1.54) is 10.8 Å². The lowest BCUT2D eigenvalue weighted by atomic mass is 10.1. The van der Waals surface area contributed by atoms with Crippen LogP contribution in [0.5, 0.6) is 0 Å². The molecule has 0 unspecified atom stereocenters. The summed E-state index contributed by atoms with van der Waals surface area (Å²) in [6, 6.07) is 21.8. The third-order valence-corrected chi connectivity index (χ3v) is 3.90. The molecule has 1 N–H and O–H groups in total. The zero-order valence-corrected chi connectivity index (χ0v) is 12.9. The number of carbonyl (C=O) groups is 1. The first-order valence-electron chi connectivity index (χ1n) is 6.74. The molecule has 104 valence electrons. The minimum Gasteiger partial charge on any atom is -0.348 e. The maximum absolute atomic E-state index is 12.1. The highest BCUT2D eigenvalue weighted by atomic mass is 79.9. The predicted octanol–water partition coefficient (Wildman–Crippen LogP) is 4.53. The Labute approximate surface area is 131 Å². The summed E-state index contributed by atoms with van der Waals surface area (Å²) in [5.41, 5.74) is 1.76. The SMILES string of the molecule is O=C(NCc1ccc2ccccc2c1)c1ccc(Br)cc1. The summed E-state index contributed by atoms with van der Waals surface area (Å²) in [6.07, 6.45) is 0. The topological polar surface area (TPSA) is 29.1 Å². The van der Waals surface area contributed by atoms with Gasteiger partial charge in [-0.3, -0.25) is 4.79 Å². The van der Waals surface area contributed by atoms with Crippen molar-refractivity contribution in [1.82, 2.24) is 5.32 Å². The number of benzene rings is 3. The fourth-order valence-corrected chi connectivity index (χ4v) is 2.50. The van der Waals surface area contributed by atoms with Crippen LogP contribution in [0.4, 0.5) is 0 Å². The van der Waals surface area contributed by atoms with Crippen molar-refractivity contribution < 1.29 is 4.79 Å². The van der Waals surface area contributed by atoms with Crippen LogP contribution >= 0.6 is 15.9 Å². The van der Waals surface area contributed by atoms with Crippen molar-refractivity contribution in [3.8, 4) is 0 Å². The van der Waals surface area contributed by atoms with Gasteiger partial charge >= 0.3 is 0 Å². The minimum absolute atomic E-state index is 0.0596. The second-order valence-corrected chi connectivity index (χ2v) is 5.79. The molecule has 0 aliphatic heterocycles. The molecule has 1 amide bonds. The van der Waals surface area contributed by atoms with Crippen LogP contribution in [0.1, 0.15) is 15.9 Å². The fourth-order valence-electron chi connectivity index (χ4n) is 2.23. The van der Waals surface area contributed by atoms with E-state index in [0.717, 1.165) is 10.0 Å². The molecular formula is C18H14BrNO. The van der Waals surface area contributed by atoms with E-state index < -0.39 is 0 Å². The fraction of sp³-hybridized carbons (Fsp3) is 0.0556. The number of fused-ring (bicyclic) bond motifs is 1. The van der Waals surface area contributed by atoms with Gasteiger partial charge in [-0.25, -0.2) is 0 Å². The van der Waals surface area contributed by atoms with E-state index in [-0.39, 0.29) is 5.91 Å². The van der Waals surface area contributed by atoms with Gasteiger partial charge in [0, 0.05) is 16.6 Å². The van der Waals surface area contributed by atoms with Crippen LogP contribution in [0.15, 0.2) is 71.2 Å². The molecule has 0 saturated heterocycles. The van der Waals surface area contributed by atoms with Gasteiger partial charge in [0.25, 0.3) is 5.91 Å². The molecule has 0 radical (unpaired) electrons. The highest BCUT2D eigenvalue weighted by Crippen LogP contribution is 2.16. The first-order chi connectivity index (χ1) is 10.2. The maximum atomic E-state index is 12.1. The summed E-state index contributed by atoms with van der Waals surface area (Å²) < 4.78 is 0.966. The lowest BCUT2D eigenvalue weighted by Crippen LogP contribution is -2.22. The van der Waals surface area contributed by atoms with Gasteiger partial charge in [0.05, 0.1) is 0 Å². The number of nitrogens with one attached hydrogen (secondary N) is 1. The van der Waals surface area contributed by atoms with Crippen LogP contribution in [-0.4, -0.2) is 5.91 Å². The van der Waals surface area contributed by atoms with Crippen LogP contribution in [0.25, 0.3) is 10.8 Å². The van der Waals surface area contributed by atoms with E-state index >= 15 is 0 Å². The Kier molecular flexibility index (Phi) is 4.02. The number of rotatable bonds is 3. The van der Waals surface area contributed by atoms with Crippen molar-refractivity contribution in [2.75, 3.05) is 0 Å². The molecule has 3 heteroatoms. The summed E-state index contributed by atoms with van der Waals surface area (Å²) in [5.74, 6) is -0.0596. The van der Waals surface area contributed by atoms with Gasteiger partial charge in [0.2, 0.25) is 0 Å². The van der Waals surface area contributed by atoms with Crippen molar-refractivity contribution >= 4 is 32.6 Å². The standard InChI is InChI=1S/C18H14BrNO/c19-17-9-7-15(8-10-17)18(21)20-12-13-5-6-14-3-1-2-4-16(14)11-13/h1-11H,12H2,(H,20,21). The third kappa shape index (κ3) is 3.31. The predicted molar refractivity (Wildman–Crippen MR) is 89.3 cm³/mol. The lowest BCUT2D eigenvalue weighted by molar-refractivity contribution is 0.0951. The first-order valence-corrected chi connectivity index (χ1v) is 7.53. The maximum Gasteiger partial charge on any atom is 0.251 e. The molecule has 0 saturated carbocycles. The molecule has 0 atom stereocenters. The van der Waals surface area contributed by atoms with E-state index in [4.69, 9.17) is 0 Å². The van der Waals surface area contributed by atoms with E-state index in [2.05, 4.69) is 45.5 Å². The van der Waals surface area contributed by atoms with Crippen molar-refractivity contribution in [1.29, 1.82) is 0 Å². The first kappa shape index (κ1) is 13.8. The van der Waals surface area contributed by atoms with Crippen LogP contribution < -0.4 is 5.32 Å². The van der Waals surface area contributed by atoms with Crippen molar-refractivity contribution in [2.24, 2.45) is 0 Å². The number of amides is 1. The van der Waals surface area contributed by atoms with Gasteiger partial charge in [-0.15, -0.1) is 0 Å². The van der Waals surface area contributed by atoms with Crippen LogP contribution in [-0.2, 0) is 6.54 Å². The van der Waals surface area contributed by atoms with Gasteiger partial charge in [0.1, 0.15) is 0 Å².